The number of hydrogen-bond donors (Lipinski definition) is 1. The molecule has 2 aromatic carbocycles. The molecule has 1 fully saturated rings. The van der Waals surface area contributed by atoms with Gasteiger partial charge in [-0.3, -0.25) is 9.78 Å². The standard InChI is InChI=1S/C25H22ClN3O5S/c26-19-6-7-23-22(11-19)25(24(15-30)28-23)35(31,32)29-8-9-33-21(14-29)16-34-20-10-18(12-27-13-20)17-4-2-1-3-5-17/h1-7,10-13,15,21,28H,8-9,14,16H2. The first-order valence-electron chi connectivity index (χ1n) is 11.0. The van der Waals surface area contributed by atoms with E-state index in [0.717, 1.165) is 11.1 Å². The number of carbonyl (C=O) groups is 1. The van der Waals surface area contributed by atoms with Crippen LogP contribution in [0.1, 0.15) is 10.5 Å². The van der Waals surface area contributed by atoms with Gasteiger partial charge in [0.2, 0.25) is 10.0 Å². The van der Waals surface area contributed by atoms with E-state index in [1.165, 1.54) is 4.31 Å². The molecular weight excluding hydrogens is 490 g/mol. The van der Waals surface area contributed by atoms with Crippen LogP contribution in [0.2, 0.25) is 5.02 Å². The van der Waals surface area contributed by atoms with E-state index in [9.17, 15) is 13.2 Å². The number of fused-ring (bicyclic) bond motifs is 1. The van der Waals surface area contributed by atoms with E-state index < -0.39 is 16.1 Å². The molecule has 1 saturated heterocycles. The normalized spacial score (nSPS) is 16.9. The van der Waals surface area contributed by atoms with E-state index >= 15 is 0 Å². The Bertz CT molecular complexity index is 1470. The molecule has 10 heteroatoms. The second kappa shape index (κ2) is 9.79. The molecule has 1 unspecified atom stereocenters. The van der Waals surface area contributed by atoms with Crippen LogP contribution >= 0.6 is 11.6 Å². The molecule has 0 amide bonds. The molecule has 180 valence electrons. The molecule has 1 aliphatic heterocycles. The highest BCUT2D eigenvalue weighted by molar-refractivity contribution is 7.89. The van der Waals surface area contributed by atoms with Gasteiger partial charge in [-0.25, -0.2) is 8.42 Å². The Balaban J connectivity index is 1.33. The maximum absolute atomic E-state index is 13.6. The van der Waals surface area contributed by atoms with Crippen molar-refractivity contribution in [1.29, 1.82) is 0 Å². The number of aromatic amines is 1. The summed E-state index contributed by atoms with van der Waals surface area (Å²) in [6, 6.07) is 16.5. The zero-order valence-corrected chi connectivity index (χ0v) is 20.1. The third kappa shape index (κ3) is 4.81. The lowest BCUT2D eigenvalue weighted by Gasteiger charge is -2.32. The molecule has 2 aromatic heterocycles. The number of hydrogen-bond acceptors (Lipinski definition) is 6. The summed E-state index contributed by atoms with van der Waals surface area (Å²) in [6.45, 7) is 0.594. The summed E-state index contributed by atoms with van der Waals surface area (Å²) >= 11 is 6.10. The van der Waals surface area contributed by atoms with Crippen LogP contribution in [0.25, 0.3) is 22.0 Å². The van der Waals surface area contributed by atoms with Crippen LogP contribution in [-0.4, -0.2) is 61.4 Å². The van der Waals surface area contributed by atoms with Crippen molar-refractivity contribution in [3.8, 4) is 16.9 Å². The Hall–Kier alpha value is -3.24. The van der Waals surface area contributed by atoms with Gasteiger partial charge in [-0.1, -0.05) is 41.9 Å². The fourth-order valence-corrected chi connectivity index (χ4v) is 6.07. The van der Waals surface area contributed by atoms with Gasteiger partial charge >= 0.3 is 0 Å². The summed E-state index contributed by atoms with van der Waals surface area (Å²) in [4.78, 5) is 18.7. The summed E-state index contributed by atoms with van der Waals surface area (Å²) in [6.07, 6.45) is 3.38. The topological polar surface area (TPSA) is 102 Å². The molecule has 35 heavy (non-hydrogen) atoms. The quantitative estimate of drug-likeness (QED) is 0.374. The number of pyridine rings is 1. The molecule has 0 radical (unpaired) electrons. The van der Waals surface area contributed by atoms with Crippen LogP contribution < -0.4 is 4.74 Å². The van der Waals surface area contributed by atoms with Gasteiger partial charge in [0.25, 0.3) is 0 Å². The number of sulfonamides is 1. The van der Waals surface area contributed by atoms with Gasteiger partial charge in [0.1, 0.15) is 23.4 Å². The SMILES string of the molecule is O=Cc1[nH]c2ccc(Cl)cc2c1S(=O)(=O)N1CCOC(COc2cncc(-c3ccccc3)c2)C1. The highest BCUT2D eigenvalue weighted by atomic mass is 35.5. The molecule has 1 aliphatic rings. The first-order chi connectivity index (χ1) is 17.0. The number of H-pyrrole nitrogens is 1. The second-order valence-electron chi connectivity index (χ2n) is 8.12. The van der Waals surface area contributed by atoms with Gasteiger partial charge < -0.3 is 14.5 Å². The highest BCUT2D eigenvalue weighted by Crippen LogP contribution is 2.32. The van der Waals surface area contributed by atoms with Crippen LogP contribution in [0.15, 0.2) is 71.9 Å². The van der Waals surface area contributed by atoms with Crippen molar-refractivity contribution >= 4 is 38.8 Å². The molecule has 4 aromatic rings. The predicted molar refractivity (Wildman–Crippen MR) is 132 cm³/mol. The van der Waals surface area contributed by atoms with Crippen molar-refractivity contribution < 1.29 is 22.7 Å². The second-order valence-corrected chi connectivity index (χ2v) is 10.4. The summed E-state index contributed by atoms with van der Waals surface area (Å²) in [5, 5.41) is 0.757. The monoisotopic (exact) mass is 511 g/mol. The van der Waals surface area contributed by atoms with Crippen LogP contribution in [0.5, 0.6) is 5.75 Å². The summed E-state index contributed by atoms with van der Waals surface area (Å²) in [5.74, 6) is 0.560. The third-order valence-electron chi connectivity index (χ3n) is 5.81. The zero-order valence-electron chi connectivity index (χ0n) is 18.6. The van der Waals surface area contributed by atoms with Gasteiger partial charge in [0.15, 0.2) is 6.29 Å². The number of aromatic nitrogens is 2. The lowest BCUT2D eigenvalue weighted by atomic mass is 10.1. The minimum Gasteiger partial charge on any atom is -0.489 e. The molecule has 8 nitrogen and oxygen atoms in total. The maximum atomic E-state index is 13.6. The van der Waals surface area contributed by atoms with E-state index in [4.69, 9.17) is 21.1 Å². The number of carbonyl (C=O) groups excluding carboxylic acids is 1. The van der Waals surface area contributed by atoms with Crippen LogP contribution in [-0.2, 0) is 14.8 Å². The fraction of sp³-hybridized carbons (Fsp3) is 0.200. The van der Waals surface area contributed by atoms with Gasteiger partial charge in [0.05, 0.1) is 18.5 Å². The van der Waals surface area contributed by atoms with E-state index in [1.54, 1.807) is 30.6 Å². The molecular formula is C25H22ClN3O5S. The average Bonchev–Trinajstić information content (AvgIpc) is 3.27. The largest absolute Gasteiger partial charge is 0.489 e. The Morgan fingerprint density at radius 1 is 1.14 bits per heavy atom. The van der Waals surface area contributed by atoms with E-state index in [1.807, 2.05) is 36.4 Å². The van der Waals surface area contributed by atoms with Crippen molar-refractivity contribution in [3.05, 3.63) is 77.7 Å². The maximum Gasteiger partial charge on any atom is 0.246 e. The number of benzene rings is 2. The van der Waals surface area contributed by atoms with Gasteiger partial charge in [-0.05, 0) is 29.8 Å². The number of rotatable bonds is 7. The minimum absolute atomic E-state index is 0.00893. The molecule has 3 heterocycles. The van der Waals surface area contributed by atoms with Crippen molar-refractivity contribution in [2.24, 2.45) is 0 Å². The average molecular weight is 512 g/mol. The predicted octanol–water partition coefficient (Wildman–Crippen LogP) is 4.16. The summed E-state index contributed by atoms with van der Waals surface area (Å²) in [5.41, 5.74) is 2.44. The first-order valence-corrected chi connectivity index (χ1v) is 12.8. The van der Waals surface area contributed by atoms with Gasteiger partial charge in [-0.15, -0.1) is 0 Å². The Morgan fingerprint density at radius 2 is 1.97 bits per heavy atom. The number of ether oxygens (including phenoxy) is 2. The Labute approximate surface area is 207 Å². The lowest BCUT2D eigenvalue weighted by molar-refractivity contribution is -0.0249. The van der Waals surface area contributed by atoms with E-state index in [2.05, 4.69) is 9.97 Å². The van der Waals surface area contributed by atoms with Crippen LogP contribution in [0.3, 0.4) is 0 Å². The molecule has 0 spiro atoms. The molecule has 0 aliphatic carbocycles. The van der Waals surface area contributed by atoms with E-state index in [0.29, 0.717) is 28.0 Å². The fourth-order valence-electron chi connectivity index (χ4n) is 4.14. The number of nitrogens with one attached hydrogen (secondary N) is 1. The van der Waals surface area contributed by atoms with Crippen molar-refractivity contribution in [2.45, 2.75) is 11.0 Å². The number of halogens is 1. The van der Waals surface area contributed by atoms with Crippen molar-refractivity contribution in [2.75, 3.05) is 26.3 Å². The molecule has 1 N–H and O–H groups in total. The summed E-state index contributed by atoms with van der Waals surface area (Å²) < 4.78 is 40.1. The number of morpholine rings is 1. The third-order valence-corrected chi connectivity index (χ3v) is 8.02. The van der Waals surface area contributed by atoms with Gasteiger partial charge in [-0.2, -0.15) is 4.31 Å². The van der Waals surface area contributed by atoms with Gasteiger partial charge in [0, 0.05) is 40.8 Å². The van der Waals surface area contributed by atoms with Crippen molar-refractivity contribution in [3.63, 3.8) is 0 Å². The Morgan fingerprint density at radius 3 is 2.77 bits per heavy atom. The zero-order chi connectivity index (χ0) is 24.4. The van der Waals surface area contributed by atoms with Crippen LogP contribution in [0.4, 0.5) is 0 Å². The highest BCUT2D eigenvalue weighted by Gasteiger charge is 2.35. The Kier molecular flexibility index (Phi) is 6.57. The van der Waals surface area contributed by atoms with Crippen molar-refractivity contribution in [1.82, 2.24) is 14.3 Å². The lowest BCUT2D eigenvalue weighted by Crippen LogP contribution is -2.47. The van der Waals surface area contributed by atoms with Crippen LogP contribution in [0, 0.1) is 0 Å². The molecule has 0 saturated carbocycles. The molecule has 0 bridgehead atoms. The smallest absolute Gasteiger partial charge is 0.246 e. The molecule has 5 rings (SSSR count). The molecule has 1 atom stereocenters. The summed E-state index contributed by atoms with van der Waals surface area (Å²) in [7, 11) is -4.00. The first kappa shape index (κ1) is 23.5. The minimum atomic E-state index is -4.00. The number of nitrogens with zero attached hydrogens (tertiary/aromatic N) is 2. The van der Waals surface area contributed by atoms with E-state index in [-0.39, 0.29) is 36.9 Å². The number of aldehydes is 1.